The molecular weight excluding hydrogens is 198 g/mol. The van der Waals surface area contributed by atoms with Crippen LogP contribution in [0.4, 0.5) is 0 Å². The number of carbonyl (C=O) groups is 2. The zero-order chi connectivity index (χ0) is 11.5. The summed E-state index contributed by atoms with van der Waals surface area (Å²) in [5.41, 5.74) is -1.88. The van der Waals surface area contributed by atoms with Gasteiger partial charge in [-0.2, -0.15) is 0 Å². The largest absolute Gasteiger partial charge is 0.479 e. The number of hydrogen-bond acceptors (Lipinski definition) is 3. The third-order valence-corrected chi connectivity index (χ3v) is 2.57. The molecule has 0 heterocycles. The monoisotopic (exact) mass is 215 g/mol. The van der Waals surface area contributed by atoms with Crippen molar-refractivity contribution in [2.24, 2.45) is 5.92 Å². The molecule has 0 spiro atoms. The Morgan fingerprint density at radius 2 is 2.07 bits per heavy atom. The molecule has 1 aliphatic rings. The van der Waals surface area contributed by atoms with Crippen molar-refractivity contribution in [3.05, 3.63) is 0 Å². The van der Waals surface area contributed by atoms with Gasteiger partial charge in [0.2, 0.25) is 5.91 Å². The molecule has 1 unspecified atom stereocenters. The molecule has 1 amide bonds. The van der Waals surface area contributed by atoms with Gasteiger partial charge in [-0.3, -0.25) is 4.79 Å². The first-order chi connectivity index (χ1) is 6.92. The Balaban J connectivity index is 2.17. The predicted octanol–water partition coefficient (Wildman–Crippen LogP) is 0.128. The third-order valence-electron chi connectivity index (χ3n) is 2.57. The van der Waals surface area contributed by atoms with E-state index in [1.807, 2.05) is 0 Å². The van der Waals surface area contributed by atoms with Gasteiger partial charge < -0.3 is 15.5 Å². The maximum atomic E-state index is 11.2. The molecule has 1 atom stereocenters. The molecule has 86 valence electrons. The second-order valence-electron chi connectivity index (χ2n) is 4.34. The number of aliphatic hydroxyl groups is 1. The molecule has 0 radical (unpaired) electrons. The van der Waals surface area contributed by atoms with Crippen LogP contribution in [0.15, 0.2) is 0 Å². The molecule has 1 fully saturated rings. The van der Waals surface area contributed by atoms with Crippen LogP contribution in [0.5, 0.6) is 0 Å². The van der Waals surface area contributed by atoms with Gasteiger partial charge in [-0.1, -0.05) is 12.8 Å². The highest BCUT2D eigenvalue weighted by molar-refractivity contribution is 5.80. The van der Waals surface area contributed by atoms with E-state index in [2.05, 4.69) is 5.32 Å². The van der Waals surface area contributed by atoms with E-state index in [9.17, 15) is 14.7 Å². The zero-order valence-electron chi connectivity index (χ0n) is 8.82. The molecule has 15 heavy (non-hydrogen) atoms. The van der Waals surface area contributed by atoms with Crippen molar-refractivity contribution in [2.45, 2.75) is 38.2 Å². The number of carboxylic acids is 1. The number of hydrogen-bond donors (Lipinski definition) is 3. The molecule has 0 bridgehead atoms. The van der Waals surface area contributed by atoms with Crippen LogP contribution < -0.4 is 5.32 Å². The van der Waals surface area contributed by atoms with Gasteiger partial charge in [-0.25, -0.2) is 4.79 Å². The van der Waals surface area contributed by atoms with Crippen molar-refractivity contribution in [2.75, 3.05) is 6.54 Å². The Kier molecular flexibility index (Phi) is 3.68. The highest BCUT2D eigenvalue weighted by atomic mass is 16.4. The van der Waals surface area contributed by atoms with Crippen LogP contribution in [-0.4, -0.2) is 34.2 Å². The summed E-state index contributed by atoms with van der Waals surface area (Å²) in [5.74, 6) is -0.843. The molecule has 5 nitrogen and oxygen atoms in total. The maximum absolute atomic E-state index is 11.2. The summed E-state index contributed by atoms with van der Waals surface area (Å²) >= 11 is 0. The van der Waals surface area contributed by atoms with Gasteiger partial charge in [0.25, 0.3) is 0 Å². The Morgan fingerprint density at radius 3 is 2.53 bits per heavy atom. The molecule has 3 N–H and O–H groups in total. The van der Waals surface area contributed by atoms with Gasteiger partial charge in [0.15, 0.2) is 5.60 Å². The molecule has 0 aromatic rings. The minimum atomic E-state index is -1.88. The van der Waals surface area contributed by atoms with E-state index in [1.54, 1.807) is 0 Å². The summed E-state index contributed by atoms with van der Waals surface area (Å²) < 4.78 is 0. The molecular formula is C10H17NO4. The van der Waals surface area contributed by atoms with Gasteiger partial charge in [-0.05, 0) is 19.3 Å². The van der Waals surface area contributed by atoms with Crippen molar-refractivity contribution < 1.29 is 19.8 Å². The standard InChI is InChI=1S/C10H17NO4/c1-10(15,9(13)14)6-11-8(12)5-4-7-2-3-7/h7,15H,2-6H2,1H3,(H,11,12)(H,13,14). The van der Waals surface area contributed by atoms with Crippen LogP contribution in [0.25, 0.3) is 0 Å². The van der Waals surface area contributed by atoms with Gasteiger partial charge in [0.1, 0.15) is 0 Å². The van der Waals surface area contributed by atoms with Gasteiger partial charge in [-0.15, -0.1) is 0 Å². The molecule has 1 aliphatic carbocycles. The predicted molar refractivity (Wildman–Crippen MR) is 53.2 cm³/mol. The smallest absolute Gasteiger partial charge is 0.337 e. The second kappa shape index (κ2) is 4.61. The van der Waals surface area contributed by atoms with Crippen molar-refractivity contribution in [3.8, 4) is 0 Å². The highest BCUT2D eigenvalue weighted by Crippen LogP contribution is 2.33. The van der Waals surface area contributed by atoms with Gasteiger partial charge in [0.05, 0.1) is 6.54 Å². The first-order valence-electron chi connectivity index (χ1n) is 5.14. The molecule has 5 heteroatoms. The van der Waals surface area contributed by atoms with E-state index in [1.165, 1.54) is 12.8 Å². The second-order valence-corrected chi connectivity index (χ2v) is 4.34. The zero-order valence-corrected chi connectivity index (χ0v) is 8.82. The Labute approximate surface area is 88.5 Å². The van der Waals surface area contributed by atoms with Crippen LogP contribution in [0.3, 0.4) is 0 Å². The fourth-order valence-electron chi connectivity index (χ4n) is 1.18. The number of carbonyl (C=O) groups excluding carboxylic acids is 1. The molecule has 0 aromatic heterocycles. The lowest BCUT2D eigenvalue weighted by molar-refractivity contribution is -0.156. The fraction of sp³-hybridized carbons (Fsp3) is 0.800. The number of aliphatic carboxylic acids is 1. The van der Waals surface area contributed by atoms with Crippen LogP contribution in [0.2, 0.25) is 0 Å². The lowest BCUT2D eigenvalue weighted by atomic mass is 10.1. The normalized spacial score (nSPS) is 19.3. The number of carboxylic acid groups (broad SMARTS) is 1. The Morgan fingerprint density at radius 1 is 1.47 bits per heavy atom. The number of amides is 1. The highest BCUT2D eigenvalue weighted by Gasteiger charge is 2.30. The minimum absolute atomic E-state index is 0.191. The summed E-state index contributed by atoms with van der Waals surface area (Å²) in [6.45, 7) is 0.919. The average Bonchev–Trinajstić information content (AvgIpc) is 2.94. The summed E-state index contributed by atoms with van der Waals surface area (Å²) in [6, 6.07) is 0. The fourth-order valence-corrected chi connectivity index (χ4v) is 1.18. The van der Waals surface area contributed by atoms with E-state index in [0.717, 1.165) is 13.3 Å². The van der Waals surface area contributed by atoms with Gasteiger partial charge in [0, 0.05) is 6.42 Å². The molecule has 0 saturated heterocycles. The topological polar surface area (TPSA) is 86.6 Å². The lowest BCUT2D eigenvalue weighted by Gasteiger charge is -2.18. The molecule has 0 aromatic carbocycles. The van der Waals surface area contributed by atoms with Crippen LogP contribution >= 0.6 is 0 Å². The summed E-state index contributed by atoms with van der Waals surface area (Å²) in [6.07, 6.45) is 3.67. The molecule has 1 rings (SSSR count). The van der Waals surface area contributed by atoms with Crippen molar-refractivity contribution in [1.29, 1.82) is 0 Å². The minimum Gasteiger partial charge on any atom is -0.479 e. The van der Waals surface area contributed by atoms with Crippen molar-refractivity contribution in [1.82, 2.24) is 5.32 Å². The van der Waals surface area contributed by atoms with Crippen LogP contribution in [0, 0.1) is 5.92 Å². The first kappa shape index (κ1) is 12.0. The van der Waals surface area contributed by atoms with E-state index in [4.69, 9.17) is 5.11 Å². The number of rotatable bonds is 6. The SMILES string of the molecule is CC(O)(CNC(=O)CCC1CC1)C(=O)O. The van der Waals surface area contributed by atoms with Gasteiger partial charge >= 0.3 is 5.97 Å². The van der Waals surface area contributed by atoms with Crippen LogP contribution in [0.1, 0.15) is 32.6 Å². The molecule has 1 saturated carbocycles. The lowest BCUT2D eigenvalue weighted by Crippen LogP contribution is -2.46. The summed E-state index contributed by atoms with van der Waals surface area (Å²) in [4.78, 5) is 21.7. The van der Waals surface area contributed by atoms with E-state index in [-0.39, 0.29) is 12.5 Å². The summed E-state index contributed by atoms with van der Waals surface area (Å²) in [5, 5.41) is 20.3. The Hall–Kier alpha value is -1.10. The van der Waals surface area contributed by atoms with Crippen molar-refractivity contribution in [3.63, 3.8) is 0 Å². The average molecular weight is 215 g/mol. The van der Waals surface area contributed by atoms with E-state index in [0.29, 0.717) is 12.3 Å². The summed E-state index contributed by atoms with van der Waals surface area (Å²) in [7, 11) is 0. The van der Waals surface area contributed by atoms with Crippen molar-refractivity contribution >= 4 is 11.9 Å². The quantitative estimate of drug-likeness (QED) is 0.587. The third kappa shape index (κ3) is 4.29. The number of nitrogens with one attached hydrogen (secondary N) is 1. The molecule has 0 aliphatic heterocycles. The van der Waals surface area contributed by atoms with E-state index < -0.39 is 11.6 Å². The van der Waals surface area contributed by atoms with E-state index >= 15 is 0 Å². The first-order valence-corrected chi connectivity index (χ1v) is 5.14. The maximum Gasteiger partial charge on any atom is 0.337 e. The van der Waals surface area contributed by atoms with Crippen LogP contribution in [-0.2, 0) is 9.59 Å². The Bertz CT molecular complexity index is 258.